The maximum atomic E-state index is 2.38. The van der Waals surface area contributed by atoms with Gasteiger partial charge in [-0.25, -0.2) is 15.0 Å². The van der Waals surface area contributed by atoms with Crippen LogP contribution < -0.4 is 0 Å². The lowest BCUT2D eigenvalue weighted by molar-refractivity contribution is -0.244. The van der Waals surface area contributed by atoms with Crippen molar-refractivity contribution in [2.45, 2.75) is 0 Å². The molecule has 0 aliphatic carbocycles. The third-order valence-corrected chi connectivity index (χ3v) is 5.30. The molecule has 0 unspecified atom stereocenters. The van der Waals surface area contributed by atoms with E-state index in [0.717, 1.165) is 20.0 Å². The van der Waals surface area contributed by atoms with Crippen LogP contribution in [0.25, 0.3) is 0 Å². The molecule has 4 aliphatic rings. The SMILES string of the molecule is CN1N2CN3CN(C2)N(C)P1N3C. The van der Waals surface area contributed by atoms with E-state index in [1.54, 1.807) is 0 Å². The zero-order valence-electron chi connectivity index (χ0n) is 8.25. The van der Waals surface area contributed by atoms with Crippen molar-refractivity contribution < 1.29 is 0 Å². The lowest BCUT2D eigenvalue weighted by atomic mass is 10.7. The van der Waals surface area contributed by atoms with Crippen molar-refractivity contribution in [2.24, 2.45) is 0 Å². The molecule has 7 heteroatoms. The van der Waals surface area contributed by atoms with Gasteiger partial charge >= 0.3 is 0 Å². The van der Waals surface area contributed by atoms with Crippen molar-refractivity contribution in [3.63, 3.8) is 0 Å². The molecule has 4 aliphatic heterocycles. The summed E-state index contributed by atoms with van der Waals surface area (Å²) < 4.78 is 7.09. The monoisotopic (exact) mass is 202 g/mol. The van der Waals surface area contributed by atoms with E-state index >= 15 is 0 Å². The van der Waals surface area contributed by atoms with Crippen LogP contribution in [0.5, 0.6) is 0 Å². The van der Waals surface area contributed by atoms with Gasteiger partial charge in [-0.2, -0.15) is 14.3 Å². The van der Waals surface area contributed by atoms with Crippen molar-refractivity contribution >= 4 is 8.37 Å². The summed E-state index contributed by atoms with van der Waals surface area (Å²) in [5, 5.41) is 7.15. The summed E-state index contributed by atoms with van der Waals surface area (Å²) in [6.07, 6.45) is 0. The zero-order chi connectivity index (χ0) is 9.16. The molecule has 0 spiro atoms. The largest absolute Gasteiger partial charge is 0.205 e. The van der Waals surface area contributed by atoms with Crippen LogP contribution >= 0.6 is 8.37 Å². The summed E-state index contributed by atoms with van der Waals surface area (Å²) in [7, 11) is 6.22. The van der Waals surface area contributed by atoms with E-state index < -0.39 is 0 Å². The Balaban J connectivity index is 1.97. The van der Waals surface area contributed by atoms with Gasteiger partial charge in [-0.1, -0.05) is 0 Å². The van der Waals surface area contributed by atoms with Gasteiger partial charge in [0.15, 0.2) is 8.37 Å². The Kier molecular flexibility index (Phi) is 1.70. The number of rotatable bonds is 0. The van der Waals surface area contributed by atoms with E-state index in [0.29, 0.717) is 0 Å². The second kappa shape index (κ2) is 2.61. The van der Waals surface area contributed by atoms with E-state index in [1.165, 1.54) is 0 Å². The van der Waals surface area contributed by atoms with Crippen LogP contribution in [0.3, 0.4) is 0 Å². The molecule has 4 heterocycles. The van der Waals surface area contributed by atoms with Crippen LogP contribution in [0.4, 0.5) is 0 Å². The van der Waals surface area contributed by atoms with E-state index in [-0.39, 0.29) is 8.37 Å². The molecular weight excluding hydrogens is 187 g/mol. The Bertz CT molecular complexity index is 193. The van der Waals surface area contributed by atoms with Crippen molar-refractivity contribution in [2.75, 3.05) is 41.1 Å². The first-order valence-electron chi connectivity index (χ1n) is 4.44. The fraction of sp³-hybridized carbons (Fsp3) is 1.00. The molecule has 4 fully saturated rings. The minimum atomic E-state index is -0.318. The summed E-state index contributed by atoms with van der Waals surface area (Å²) in [5.74, 6) is 0. The van der Waals surface area contributed by atoms with Crippen molar-refractivity contribution in [1.29, 1.82) is 0 Å². The lowest BCUT2D eigenvalue weighted by Crippen LogP contribution is -2.74. The van der Waals surface area contributed by atoms with E-state index in [9.17, 15) is 0 Å². The van der Waals surface area contributed by atoms with Crippen LogP contribution in [-0.2, 0) is 0 Å². The molecule has 13 heavy (non-hydrogen) atoms. The Hall–Kier alpha value is 0.190. The topological polar surface area (TPSA) is 19.4 Å². The first kappa shape index (κ1) is 8.49. The van der Waals surface area contributed by atoms with Crippen molar-refractivity contribution in [3.8, 4) is 0 Å². The van der Waals surface area contributed by atoms with Gasteiger partial charge in [0.2, 0.25) is 0 Å². The van der Waals surface area contributed by atoms with E-state index in [2.05, 4.69) is 50.5 Å². The van der Waals surface area contributed by atoms with Gasteiger partial charge in [-0.05, 0) is 0 Å². The average molecular weight is 202 g/mol. The first-order valence-corrected chi connectivity index (χ1v) is 5.64. The van der Waals surface area contributed by atoms with Gasteiger partial charge in [0, 0.05) is 21.1 Å². The molecule has 4 rings (SSSR count). The van der Waals surface area contributed by atoms with Gasteiger partial charge in [-0.15, -0.1) is 0 Å². The zero-order valence-corrected chi connectivity index (χ0v) is 9.15. The summed E-state index contributed by atoms with van der Waals surface area (Å²) in [4.78, 5) is 0. The highest BCUT2D eigenvalue weighted by atomic mass is 31.2. The molecule has 0 amide bonds. The Morgan fingerprint density at radius 1 is 0.692 bits per heavy atom. The average Bonchev–Trinajstić information content (AvgIpc) is 2.12. The number of hydrogen-bond donors (Lipinski definition) is 0. The summed E-state index contributed by atoms with van der Waals surface area (Å²) >= 11 is 0. The third kappa shape index (κ3) is 0.966. The highest BCUT2D eigenvalue weighted by molar-refractivity contribution is 7.49. The molecular formula is C6H15N6P. The molecule has 4 bridgehead atoms. The van der Waals surface area contributed by atoms with Crippen LogP contribution in [0.15, 0.2) is 0 Å². The molecule has 0 radical (unpaired) electrons. The molecule has 0 aromatic heterocycles. The van der Waals surface area contributed by atoms with Crippen LogP contribution in [-0.4, -0.2) is 70.5 Å². The predicted octanol–water partition coefficient (Wildman–Crippen LogP) is -0.427. The summed E-state index contributed by atoms with van der Waals surface area (Å²) in [6, 6.07) is 0. The molecule has 6 nitrogen and oxygen atoms in total. The Morgan fingerprint density at radius 3 is 1.31 bits per heavy atom. The molecule has 0 saturated carbocycles. The Morgan fingerprint density at radius 2 is 1.00 bits per heavy atom. The van der Waals surface area contributed by atoms with Gasteiger partial charge in [0.05, 0.1) is 20.0 Å². The summed E-state index contributed by atoms with van der Waals surface area (Å²) in [5.41, 5.74) is 0. The smallest absolute Gasteiger partial charge is 0.163 e. The number of hydrogen-bond acceptors (Lipinski definition) is 6. The summed E-state index contributed by atoms with van der Waals surface area (Å²) in [6.45, 7) is 3.11. The molecule has 0 aromatic rings. The van der Waals surface area contributed by atoms with Gasteiger partial charge < -0.3 is 0 Å². The molecule has 0 atom stereocenters. The van der Waals surface area contributed by atoms with Gasteiger partial charge in [0.1, 0.15) is 0 Å². The number of hydrazine groups is 3. The fourth-order valence-corrected chi connectivity index (χ4v) is 4.29. The highest BCUT2D eigenvalue weighted by Gasteiger charge is 2.49. The highest BCUT2D eigenvalue weighted by Crippen LogP contribution is 2.55. The molecule has 4 saturated heterocycles. The van der Waals surface area contributed by atoms with Gasteiger partial charge in [-0.3, -0.25) is 0 Å². The predicted molar refractivity (Wildman–Crippen MR) is 50.3 cm³/mol. The van der Waals surface area contributed by atoms with Gasteiger partial charge in [0.25, 0.3) is 0 Å². The minimum absolute atomic E-state index is 0.318. The molecule has 0 aromatic carbocycles. The van der Waals surface area contributed by atoms with Crippen LogP contribution in [0.2, 0.25) is 0 Å². The molecule has 74 valence electrons. The van der Waals surface area contributed by atoms with Crippen LogP contribution in [0, 0.1) is 0 Å². The second-order valence-corrected chi connectivity index (χ2v) is 5.95. The van der Waals surface area contributed by atoms with Crippen molar-refractivity contribution in [1.82, 2.24) is 29.4 Å². The lowest BCUT2D eigenvalue weighted by Gasteiger charge is -2.65. The fourth-order valence-electron chi connectivity index (χ4n) is 2.15. The van der Waals surface area contributed by atoms with E-state index in [1.807, 2.05) is 0 Å². The van der Waals surface area contributed by atoms with Crippen LogP contribution in [0.1, 0.15) is 0 Å². The first-order chi connectivity index (χ1) is 6.18. The normalized spacial score (nSPS) is 51.9. The maximum Gasteiger partial charge on any atom is 0.163 e. The Labute approximate surface area is 79.7 Å². The standard InChI is InChI=1S/C6H15N6P/c1-7-10-4-11-6-12(5-10)9(3)13(7)8(11)2/h4-6H2,1-3H3. The second-order valence-electron chi connectivity index (χ2n) is 3.68. The minimum Gasteiger partial charge on any atom is -0.205 e. The number of nitrogens with zero attached hydrogens (tertiary/aromatic N) is 6. The van der Waals surface area contributed by atoms with Crippen molar-refractivity contribution in [3.05, 3.63) is 0 Å². The quantitative estimate of drug-likeness (QED) is 0.493. The third-order valence-electron chi connectivity index (χ3n) is 2.98. The maximum absolute atomic E-state index is 2.38. The molecule has 0 N–H and O–H groups in total. The van der Waals surface area contributed by atoms with E-state index in [4.69, 9.17) is 0 Å².